The van der Waals surface area contributed by atoms with Crippen LogP contribution < -0.4 is 16.0 Å². The molecular weight excluding hydrogens is 440 g/mol. The number of primary amides is 1. The van der Waals surface area contributed by atoms with Crippen molar-refractivity contribution in [3.63, 3.8) is 0 Å². The number of nitrogens with one attached hydrogen (secondary N) is 1. The second kappa shape index (κ2) is 8.78. The van der Waals surface area contributed by atoms with Crippen LogP contribution in [0.25, 0.3) is 11.4 Å². The van der Waals surface area contributed by atoms with Gasteiger partial charge in [0, 0.05) is 16.7 Å². The van der Waals surface area contributed by atoms with Crippen LogP contribution in [-0.4, -0.2) is 53.0 Å². The maximum absolute atomic E-state index is 13.0. The number of nitrogens with two attached hydrogens (primary N) is 1. The first-order valence-electron chi connectivity index (χ1n) is 11.9. The quantitative estimate of drug-likeness (QED) is 0.594. The van der Waals surface area contributed by atoms with Crippen molar-refractivity contribution in [1.29, 1.82) is 0 Å². The molecule has 5 rings (SSSR count). The van der Waals surface area contributed by atoms with Gasteiger partial charge in [0.15, 0.2) is 5.82 Å². The summed E-state index contributed by atoms with van der Waals surface area (Å²) < 4.78 is 0. The lowest BCUT2D eigenvalue weighted by molar-refractivity contribution is 0.0658. The molecule has 1 saturated heterocycles. The second-order valence-electron chi connectivity index (χ2n) is 9.80. The molecule has 3 N–H and O–H groups in total. The summed E-state index contributed by atoms with van der Waals surface area (Å²) in [6, 6.07) is 17.4. The largest absolute Gasteiger partial charge is 0.366 e. The molecule has 3 amide bonds. The van der Waals surface area contributed by atoms with Crippen LogP contribution in [0.3, 0.4) is 0 Å². The summed E-state index contributed by atoms with van der Waals surface area (Å²) in [5, 5.41) is 3.27. The Labute approximate surface area is 205 Å². The molecule has 180 valence electrons. The van der Waals surface area contributed by atoms with Gasteiger partial charge in [-0.1, -0.05) is 42.5 Å². The molecule has 1 saturated carbocycles. The summed E-state index contributed by atoms with van der Waals surface area (Å²) in [7, 11) is 4.28. The second-order valence-corrected chi connectivity index (χ2v) is 9.80. The molecule has 3 aromatic rings. The molecule has 35 heavy (non-hydrogen) atoms. The predicted molar refractivity (Wildman–Crippen MR) is 135 cm³/mol. The van der Waals surface area contributed by atoms with E-state index < -0.39 is 5.91 Å². The minimum atomic E-state index is -0.500. The molecular formula is C27H30N6O2. The van der Waals surface area contributed by atoms with Crippen LogP contribution in [-0.2, 0) is 5.54 Å². The van der Waals surface area contributed by atoms with Crippen molar-refractivity contribution < 1.29 is 9.59 Å². The molecule has 0 radical (unpaired) electrons. The topological polar surface area (TPSA) is 104 Å². The van der Waals surface area contributed by atoms with Crippen LogP contribution in [0.4, 0.5) is 10.5 Å². The Hall–Kier alpha value is -3.78. The highest BCUT2D eigenvalue weighted by Gasteiger charge is 2.50. The average Bonchev–Trinajstić information content (AvgIpc) is 3.20. The van der Waals surface area contributed by atoms with E-state index in [-0.39, 0.29) is 17.1 Å². The van der Waals surface area contributed by atoms with Gasteiger partial charge in [0.25, 0.3) is 0 Å². The maximum Gasteiger partial charge on any atom is 0.322 e. The van der Waals surface area contributed by atoms with Gasteiger partial charge in [-0.15, -0.1) is 0 Å². The van der Waals surface area contributed by atoms with Crippen LogP contribution in [0.1, 0.15) is 41.6 Å². The van der Waals surface area contributed by atoms with Crippen molar-refractivity contribution in [2.24, 2.45) is 5.73 Å². The number of aromatic nitrogens is 2. The molecule has 2 heterocycles. The smallest absolute Gasteiger partial charge is 0.322 e. The van der Waals surface area contributed by atoms with E-state index in [4.69, 9.17) is 5.73 Å². The summed E-state index contributed by atoms with van der Waals surface area (Å²) in [6.07, 6.45) is 7.03. The van der Waals surface area contributed by atoms with E-state index in [1.54, 1.807) is 35.5 Å². The molecule has 8 heteroatoms. The van der Waals surface area contributed by atoms with E-state index in [1.165, 1.54) is 5.56 Å². The third kappa shape index (κ3) is 4.14. The molecule has 0 atom stereocenters. The molecule has 1 spiro atoms. The van der Waals surface area contributed by atoms with Crippen molar-refractivity contribution in [2.75, 3.05) is 25.5 Å². The van der Waals surface area contributed by atoms with Crippen LogP contribution in [0.5, 0.6) is 0 Å². The summed E-state index contributed by atoms with van der Waals surface area (Å²) in [5.41, 5.74) is 8.16. The number of carbonyl (C=O) groups is 2. The number of urea groups is 1. The molecule has 2 aromatic carbocycles. The minimum absolute atomic E-state index is 0.0329. The zero-order valence-corrected chi connectivity index (χ0v) is 20.1. The first-order valence-corrected chi connectivity index (χ1v) is 11.9. The fraction of sp³-hybridized carbons (Fsp3) is 0.333. The Kier molecular flexibility index (Phi) is 5.76. The van der Waals surface area contributed by atoms with E-state index in [0.717, 1.165) is 25.7 Å². The van der Waals surface area contributed by atoms with Gasteiger partial charge in [0.1, 0.15) is 0 Å². The van der Waals surface area contributed by atoms with Gasteiger partial charge in [-0.3, -0.25) is 14.6 Å². The number of rotatable bonds is 5. The van der Waals surface area contributed by atoms with Crippen molar-refractivity contribution in [3.05, 3.63) is 78.1 Å². The third-order valence-corrected chi connectivity index (χ3v) is 7.63. The molecule has 0 bridgehead atoms. The zero-order chi connectivity index (χ0) is 24.6. The van der Waals surface area contributed by atoms with Gasteiger partial charge >= 0.3 is 6.03 Å². The van der Waals surface area contributed by atoms with Crippen molar-refractivity contribution in [2.45, 2.75) is 36.8 Å². The van der Waals surface area contributed by atoms with E-state index in [1.807, 2.05) is 12.1 Å². The van der Waals surface area contributed by atoms with Gasteiger partial charge in [0.2, 0.25) is 5.91 Å². The average molecular weight is 471 g/mol. The minimum Gasteiger partial charge on any atom is -0.366 e. The summed E-state index contributed by atoms with van der Waals surface area (Å²) in [4.78, 5) is 37.4. The standard InChI is InChI=1S/C27H30N6O2/c1-32(2)27(21-9-4-3-5-10-21)13-11-26(12-14-27)18-33(25(35)31-26)22-16-29-24(30-17-22)20-8-6-7-19(15-20)23(28)34/h3-10,15-17H,11-14,18H2,1-2H3,(H2,28,34)(H,31,35)/t26-,27+. The summed E-state index contributed by atoms with van der Waals surface area (Å²) in [6.45, 7) is 0.587. The van der Waals surface area contributed by atoms with Gasteiger partial charge in [0.05, 0.1) is 30.2 Å². The Morgan fingerprint density at radius 2 is 1.69 bits per heavy atom. The summed E-state index contributed by atoms with van der Waals surface area (Å²) in [5.74, 6) is -0.0250. The number of nitrogens with zero attached hydrogens (tertiary/aromatic N) is 4. The maximum atomic E-state index is 13.0. The van der Waals surface area contributed by atoms with Gasteiger partial charge in [-0.25, -0.2) is 14.8 Å². The lowest BCUT2D eigenvalue weighted by atomic mass is 9.69. The molecule has 8 nitrogen and oxygen atoms in total. The van der Waals surface area contributed by atoms with E-state index in [2.05, 4.69) is 58.5 Å². The van der Waals surface area contributed by atoms with Gasteiger partial charge < -0.3 is 11.1 Å². The number of hydrogen-bond acceptors (Lipinski definition) is 5. The number of anilines is 1. The van der Waals surface area contributed by atoms with E-state index >= 15 is 0 Å². The molecule has 1 aromatic heterocycles. The van der Waals surface area contributed by atoms with E-state index in [0.29, 0.717) is 29.2 Å². The molecule has 1 aliphatic heterocycles. The fourth-order valence-corrected chi connectivity index (χ4v) is 5.51. The molecule has 0 unspecified atom stereocenters. The Balaban J connectivity index is 1.32. The predicted octanol–water partition coefficient (Wildman–Crippen LogP) is 3.54. The van der Waals surface area contributed by atoms with Crippen molar-refractivity contribution in [3.8, 4) is 11.4 Å². The highest BCUT2D eigenvalue weighted by Crippen LogP contribution is 2.46. The lowest BCUT2D eigenvalue weighted by Crippen LogP contribution is -2.54. The first kappa shape index (κ1) is 23.0. The van der Waals surface area contributed by atoms with Crippen LogP contribution in [0.2, 0.25) is 0 Å². The molecule has 2 aliphatic rings. The normalized spacial score (nSPS) is 24.1. The molecule has 2 fully saturated rings. The highest BCUT2D eigenvalue weighted by atomic mass is 16.2. The SMILES string of the molecule is CN(C)[C@]1(c2ccccc2)CC[C@]2(CC1)CN(c1cnc(-c3cccc(C(N)=O)c3)nc1)C(=O)N2. The van der Waals surface area contributed by atoms with Crippen LogP contribution >= 0.6 is 0 Å². The first-order chi connectivity index (χ1) is 16.8. The number of carbonyl (C=O) groups excluding carboxylic acids is 2. The van der Waals surface area contributed by atoms with Crippen LogP contribution in [0, 0.1) is 0 Å². The van der Waals surface area contributed by atoms with Gasteiger partial charge in [-0.2, -0.15) is 0 Å². The third-order valence-electron chi connectivity index (χ3n) is 7.63. The summed E-state index contributed by atoms with van der Waals surface area (Å²) >= 11 is 0. The Morgan fingerprint density at radius 1 is 1.00 bits per heavy atom. The number of hydrogen-bond donors (Lipinski definition) is 2. The molecule has 1 aliphatic carbocycles. The Morgan fingerprint density at radius 3 is 2.31 bits per heavy atom. The number of amides is 3. The zero-order valence-electron chi connectivity index (χ0n) is 20.1. The van der Waals surface area contributed by atoms with Crippen molar-refractivity contribution >= 4 is 17.6 Å². The highest BCUT2D eigenvalue weighted by molar-refractivity contribution is 5.95. The lowest BCUT2D eigenvalue weighted by Gasteiger charge is -2.48. The monoisotopic (exact) mass is 470 g/mol. The van der Waals surface area contributed by atoms with E-state index in [9.17, 15) is 9.59 Å². The fourth-order valence-electron chi connectivity index (χ4n) is 5.51. The Bertz CT molecular complexity index is 1230. The van der Waals surface area contributed by atoms with Crippen molar-refractivity contribution in [1.82, 2.24) is 20.2 Å². The number of benzene rings is 2. The van der Waals surface area contributed by atoms with Gasteiger partial charge in [-0.05, 0) is 57.5 Å². The van der Waals surface area contributed by atoms with Crippen LogP contribution in [0.15, 0.2) is 67.0 Å².